The number of quaternary nitrogens is 1. The van der Waals surface area contributed by atoms with Crippen molar-refractivity contribution in [2.75, 3.05) is 26.3 Å². The Morgan fingerprint density at radius 3 is 2.59 bits per heavy atom. The third-order valence-electron chi connectivity index (χ3n) is 4.56. The van der Waals surface area contributed by atoms with Crippen molar-refractivity contribution in [1.29, 1.82) is 0 Å². The summed E-state index contributed by atoms with van der Waals surface area (Å²) in [5, 5.41) is 11.1. The zero-order valence-electron chi connectivity index (χ0n) is 12.5. The fraction of sp³-hybridized carbons (Fsp3) is 0.471. The molecule has 1 aliphatic carbocycles. The summed E-state index contributed by atoms with van der Waals surface area (Å²) in [6.07, 6.45) is 2.48. The van der Waals surface area contributed by atoms with Crippen molar-refractivity contribution in [2.45, 2.75) is 25.3 Å². The summed E-state index contributed by atoms with van der Waals surface area (Å²) in [5.74, 6) is 0.203. The highest BCUT2D eigenvalue weighted by atomic mass is 35.5. The highest BCUT2D eigenvalue weighted by Crippen LogP contribution is 2.27. The van der Waals surface area contributed by atoms with Crippen LogP contribution in [0.1, 0.15) is 24.8 Å². The molecule has 1 aromatic carbocycles. The fourth-order valence-corrected chi connectivity index (χ4v) is 3.46. The van der Waals surface area contributed by atoms with Crippen LogP contribution in [0.3, 0.4) is 0 Å². The summed E-state index contributed by atoms with van der Waals surface area (Å²) in [5.41, 5.74) is 1.22. The van der Waals surface area contributed by atoms with Gasteiger partial charge < -0.3 is 14.7 Å². The molecule has 1 aromatic rings. The zero-order valence-corrected chi connectivity index (χ0v) is 13.2. The smallest absolute Gasteiger partial charge is 0.219 e. The molecule has 5 heteroatoms. The molecule has 2 N–H and O–H groups in total. The van der Waals surface area contributed by atoms with Crippen molar-refractivity contribution in [1.82, 2.24) is 0 Å². The molecule has 4 nitrogen and oxygen atoms in total. The summed E-state index contributed by atoms with van der Waals surface area (Å²) in [6.45, 7) is 3.15. The van der Waals surface area contributed by atoms with Gasteiger partial charge in [0.1, 0.15) is 18.8 Å². The minimum Gasteiger partial charge on any atom is -0.507 e. The molecule has 1 atom stereocenters. The maximum atomic E-state index is 12.8. The van der Waals surface area contributed by atoms with E-state index in [1.807, 2.05) is 0 Å². The first-order chi connectivity index (χ1) is 10.7. The molecule has 1 saturated heterocycles. The molecule has 2 aliphatic rings. The quantitative estimate of drug-likeness (QED) is 0.643. The van der Waals surface area contributed by atoms with E-state index in [4.69, 9.17) is 16.3 Å². The molecule has 0 spiro atoms. The summed E-state index contributed by atoms with van der Waals surface area (Å²) in [6, 6.07) is 6.92. The van der Waals surface area contributed by atoms with E-state index >= 15 is 0 Å². The van der Waals surface area contributed by atoms with Gasteiger partial charge in [-0.2, -0.15) is 0 Å². The normalized spacial score (nSPS) is 26.0. The second-order valence-corrected chi connectivity index (χ2v) is 6.35. The molecule has 0 unspecified atom stereocenters. The van der Waals surface area contributed by atoms with Gasteiger partial charge >= 0.3 is 0 Å². The van der Waals surface area contributed by atoms with Gasteiger partial charge in [0.2, 0.25) is 5.78 Å². The number of benzene rings is 1. The number of aliphatic hydroxyl groups excluding tert-OH is 1. The van der Waals surface area contributed by atoms with Crippen LogP contribution in [0.25, 0.3) is 5.76 Å². The van der Waals surface area contributed by atoms with E-state index in [0.29, 0.717) is 35.8 Å². The van der Waals surface area contributed by atoms with Gasteiger partial charge in [0.05, 0.1) is 13.2 Å². The Kier molecular flexibility index (Phi) is 4.81. The van der Waals surface area contributed by atoms with E-state index in [1.165, 1.54) is 4.90 Å². The van der Waals surface area contributed by atoms with Gasteiger partial charge in [0.15, 0.2) is 6.04 Å². The standard InChI is InChI=1S/C17H20ClNO3/c18-13-6-4-12(5-7-13)16(20)14-2-1-3-15(17(14)21)19-8-10-22-11-9-19/h4-7,15,20H,1-3,8-11H2/p+1/t15-/m0/s1. The number of nitrogens with one attached hydrogen (secondary N) is 1. The van der Waals surface area contributed by atoms with Gasteiger partial charge in [-0.05, 0) is 37.1 Å². The Morgan fingerprint density at radius 2 is 1.91 bits per heavy atom. The second-order valence-electron chi connectivity index (χ2n) is 5.91. The van der Waals surface area contributed by atoms with E-state index in [9.17, 15) is 9.90 Å². The molecule has 0 aromatic heterocycles. The molecular weight excluding hydrogens is 302 g/mol. The van der Waals surface area contributed by atoms with Crippen molar-refractivity contribution in [3.05, 3.63) is 40.4 Å². The Balaban J connectivity index is 1.84. The van der Waals surface area contributed by atoms with Crippen LogP contribution in [0.15, 0.2) is 29.8 Å². The Bertz CT molecular complexity index is 576. The molecule has 118 valence electrons. The second kappa shape index (κ2) is 6.82. The first-order valence-corrected chi connectivity index (χ1v) is 8.19. The predicted molar refractivity (Wildman–Crippen MR) is 85.2 cm³/mol. The van der Waals surface area contributed by atoms with Crippen LogP contribution >= 0.6 is 11.6 Å². The Labute approximate surface area is 135 Å². The number of rotatable bonds is 2. The monoisotopic (exact) mass is 322 g/mol. The van der Waals surface area contributed by atoms with Crippen molar-refractivity contribution >= 4 is 23.1 Å². The summed E-state index contributed by atoms with van der Waals surface area (Å²) < 4.78 is 5.37. The minimum absolute atomic E-state index is 0.0397. The lowest BCUT2D eigenvalue weighted by molar-refractivity contribution is -0.924. The molecule has 0 radical (unpaired) electrons. The molecule has 0 amide bonds. The summed E-state index contributed by atoms with van der Waals surface area (Å²) in [7, 11) is 0. The minimum atomic E-state index is -0.0397. The van der Waals surface area contributed by atoms with E-state index in [1.54, 1.807) is 24.3 Å². The van der Waals surface area contributed by atoms with Gasteiger partial charge in [-0.3, -0.25) is 4.79 Å². The van der Waals surface area contributed by atoms with Gasteiger partial charge in [0.25, 0.3) is 0 Å². The SMILES string of the molecule is O=C1C(=C(O)c2ccc(Cl)cc2)CCC[C@@H]1[NH+]1CCOCC1. The van der Waals surface area contributed by atoms with Crippen LogP contribution in [0.2, 0.25) is 5.02 Å². The molecule has 0 bridgehead atoms. The number of halogens is 1. The molecule has 2 fully saturated rings. The molecule has 1 heterocycles. The summed E-state index contributed by atoms with van der Waals surface area (Å²) >= 11 is 5.88. The molecule has 1 saturated carbocycles. The highest BCUT2D eigenvalue weighted by molar-refractivity contribution is 6.30. The number of hydrogen-bond donors (Lipinski definition) is 2. The molecular formula is C17H21ClNO3+. The third kappa shape index (κ3) is 3.19. The lowest BCUT2D eigenvalue weighted by Gasteiger charge is -2.33. The first kappa shape index (κ1) is 15.5. The lowest BCUT2D eigenvalue weighted by atomic mass is 9.86. The largest absolute Gasteiger partial charge is 0.507 e. The molecule has 22 heavy (non-hydrogen) atoms. The van der Waals surface area contributed by atoms with Crippen molar-refractivity contribution in [3.63, 3.8) is 0 Å². The number of ether oxygens (including phenoxy) is 1. The number of hydrogen-bond acceptors (Lipinski definition) is 3. The number of Topliss-reactive ketones (excluding diaryl/α,β-unsaturated/α-hetero) is 1. The molecule has 3 rings (SSSR count). The van der Waals surface area contributed by atoms with Crippen LogP contribution in [0, 0.1) is 0 Å². The third-order valence-corrected chi connectivity index (χ3v) is 4.82. The number of carbonyl (C=O) groups excluding carboxylic acids is 1. The Hall–Kier alpha value is -1.36. The average Bonchev–Trinajstić information content (AvgIpc) is 2.56. The van der Waals surface area contributed by atoms with E-state index < -0.39 is 0 Å². The first-order valence-electron chi connectivity index (χ1n) is 7.81. The van der Waals surface area contributed by atoms with Gasteiger partial charge in [-0.15, -0.1) is 0 Å². The molecule has 1 aliphatic heterocycles. The van der Waals surface area contributed by atoms with E-state index in [0.717, 1.165) is 25.9 Å². The van der Waals surface area contributed by atoms with Gasteiger partial charge in [-0.25, -0.2) is 0 Å². The number of carbonyl (C=O) groups is 1. The summed E-state index contributed by atoms with van der Waals surface area (Å²) in [4.78, 5) is 14.1. The van der Waals surface area contributed by atoms with Crippen molar-refractivity contribution in [3.8, 4) is 0 Å². The Morgan fingerprint density at radius 1 is 1.23 bits per heavy atom. The van der Waals surface area contributed by atoms with E-state index in [2.05, 4.69) is 0 Å². The van der Waals surface area contributed by atoms with Gasteiger partial charge in [0, 0.05) is 22.6 Å². The predicted octanol–water partition coefficient (Wildman–Crippen LogP) is 1.65. The van der Waals surface area contributed by atoms with Crippen LogP contribution in [-0.2, 0) is 9.53 Å². The maximum Gasteiger partial charge on any atom is 0.219 e. The number of ketones is 1. The number of aliphatic hydroxyl groups is 1. The maximum absolute atomic E-state index is 12.8. The lowest BCUT2D eigenvalue weighted by Crippen LogP contribution is -3.18. The van der Waals surface area contributed by atoms with Crippen molar-refractivity contribution in [2.24, 2.45) is 0 Å². The van der Waals surface area contributed by atoms with E-state index in [-0.39, 0.29) is 17.6 Å². The van der Waals surface area contributed by atoms with Crippen LogP contribution in [0.5, 0.6) is 0 Å². The average molecular weight is 323 g/mol. The number of morpholine rings is 1. The van der Waals surface area contributed by atoms with Crippen LogP contribution in [-0.4, -0.2) is 43.2 Å². The van der Waals surface area contributed by atoms with Crippen LogP contribution < -0.4 is 4.90 Å². The van der Waals surface area contributed by atoms with Gasteiger partial charge in [-0.1, -0.05) is 11.6 Å². The highest BCUT2D eigenvalue weighted by Gasteiger charge is 2.37. The zero-order chi connectivity index (χ0) is 15.5. The van der Waals surface area contributed by atoms with Crippen molar-refractivity contribution < 1.29 is 19.5 Å². The fourth-order valence-electron chi connectivity index (χ4n) is 3.34. The van der Waals surface area contributed by atoms with Crippen LogP contribution in [0.4, 0.5) is 0 Å². The topological polar surface area (TPSA) is 51.0 Å².